The standard InChI is InChI=1S/C52H59F2N13O6/c1-29(68)64-20-15-41-36(28-64)48(62-67(41)33-16-21-73-22-17-33)65-19-6-7-38-42(65)25-35(46(53)54)44(57-38)32-12-13-37-39(23-32)58-47(61-60-37)50(71)59-45(52(2,3)4)51(72)66-27-34(69)24-43(66)49(70)55-26-30-8-10-31(11-9-30)40-14-18-56-63(40)5/h8-14,18,23,25,33-34,43,45-46,69H,6-7,15-17,19-22,24,26-28H2,1-5H3,(H,55,70)(H,59,71)/t34-,43+,45-/m1/s1. The number of carbonyl (C=O) groups is 4. The molecule has 0 bridgehead atoms. The number of amides is 4. The van der Waals surface area contributed by atoms with E-state index in [2.05, 4.69) is 35.6 Å². The van der Waals surface area contributed by atoms with Crippen molar-refractivity contribution in [3.8, 4) is 22.5 Å². The normalized spacial score (nSPS) is 18.7. The molecule has 2 saturated heterocycles. The molecule has 4 aliphatic rings. The van der Waals surface area contributed by atoms with Crippen LogP contribution in [0.1, 0.15) is 105 Å². The van der Waals surface area contributed by atoms with Crippen molar-refractivity contribution >= 4 is 46.2 Å². The summed E-state index contributed by atoms with van der Waals surface area (Å²) in [5, 5.41) is 34.1. The highest BCUT2D eigenvalue weighted by Crippen LogP contribution is 2.43. The number of halogens is 2. The van der Waals surface area contributed by atoms with Crippen molar-refractivity contribution < 1.29 is 37.8 Å². The molecular weight excluding hydrogens is 941 g/mol. The van der Waals surface area contributed by atoms with Crippen molar-refractivity contribution in [1.82, 2.24) is 60.2 Å². The van der Waals surface area contributed by atoms with E-state index in [4.69, 9.17) is 14.8 Å². The molecular formula is C52H59F2N13O6. The largest absolute Gasteiger partial charge is 0.391 e. The summed E-state index contributed by atoms with van der Waals surface area (Å²) in [6.45, 7) is 9.62. The Kier molecular flexibility index (Phi) is 13.5. The number of hydrogen-bond donors (Lipinski definition) is 3. The molecule has 10 rings (SSSR count). The van der Waals surface area contributed by atoms with Gasteiger partial charge in [0.05, 0.1) is 47.0 Å². The number of aliphatic hydroxyl groups is 1. The predicted octanol–water partition coefficient (Wildman–Crippen LogP) is 5.38. The maximum Gasteiger partial charge on any atom is 0.291 e. The Morgan fingerprint density at radius 1 is 0.932 bits per heavy atom. The number of benzene rings is 2. The van der Waals surface area contributed by atoms with Crippen LogP contribution in [-0.4, -0.2) is 129 Å². The Bertz CT molecular complexity index is 3090. The van der Waals surface area contributed by atoms with Crippen molar-refractivity contribution in [2.45, 2.75) is 110 Å². The third-order valence-corrected chi connectivity index (χ3v) is 14.5. The number of rotatable bonds is 11. The highest BCUT2D eigenvalue weighted by atomic mass is 19.3. The van der Waals surface area contributed by atoms with Gasteiger partial charge < -0.3 is 35.2 Å². The summed E-state index contributed by atoms with van der Waals surface area (Å²) in [7, 11) is 1.86. The van der Waals surface area contributed by atoms with E-state index < -0.39 is 47.7 Å². The van der Waals surface area contributed by atoms with E-state index in [0.29, 0.717) is 80.4 Å². The Labute approximate surface area is 420 Å². The highest BCUT2D eigenvalue weighted by Gasteiger charge is 2.45. The van der Waals surface area contributed by atoms with Crippen LogP contribution in [0.2, 0.25) is 0 Å². The van der Waals surface area contributed by atoms with Crippen LogP contribution in [0.4, 0.5) is 20.3 Å². The zero-order valence-corrected chi connectivity index (χ0v) is 41.5. The topological polar surface area (TPSA) is 219 Å². The molecule has 4 amide bonds. The van der Waals surface area contributed by atoms with E-state index in [9.17, 15) is 24.3 Å². The summed E-state index contributed by atoms with van der Waals surface area (Å²) in [4.78, 5) is 69.2. The lowest BCUT2D eigenvalue weighted by atomic mass is 9.85. The Hall–Kier alpha value is -7.26. The number of aliphatic hydroxyl groups excluding tert-OH is 1. The first-order chi connectivity index (χ1) is 35.0. The third kappa shape index (κ3) is 9.86. The van der Waals surface area contributed by atoms with Gasteiger partial charge in [-0.1, -0.05) is 51.1 Å². The highest BCUT2D eigenvalue weighted by molar-refractivity contribution is 5.98. The first-order valence-corrected chi connectivity index (χ1v) is 24.8. The van der Waals surface area contributed by atoms with E-state index in [0.717, 1.165) is 40.9 Å². The number of likely N-dealkylation sites (tertiary alicyclic amines) is 1. The predicted molar refractivity (Wildman–Crippen MR) is 264 cm³/mol. The molecule has 4 aliphatic heterocycles. The van der Waals surface area contributed by atoms with Gasteiger partial charge in [-0.3, -0.25) is 33.5 Å². The molecule has 0 radical (unpaired) electrons. The number of β-amino-alcohol motifs (C(OH)–C–C–N with tert-alkyl or cyclic N) is 1. The minimum atomic E-state index is -2.91. The fourth-order valence-electron chi connectivity index (χ4n) is 10.5. The number of nitrogens with one attached hydrogen (secondary N) is 2. The minimum Gasteiger partial charge on any atom is -0.391 e. The molecule has 21 heteroatoms. The number of carbonyl (C=O) groups excluding carboxylic acids is 4. The summed E-state index contributed by atoms with van der Waals surface area (Å²) in [6, 6.07) is 13.7. The zero-order chi connectivity index (χ0) is 51.3. The third-order valence-electron chi connectivity index (χ3n) is 14.5. The van der Waals surface area contributed by atoms with Crippen LogP contribution in [0, 0.1) is 5.41 Å². The Morgan fingerprint density at radius 3 is 2.41 bits per heavy atom. The first kappa shape index (κ1) is 49.3. The fraction of sp³-hybridized carbons (Fsp3) is 0.462. The van der Waals surface area contributed by atoms with Crippen molar-refractivity contribution in [1.29, 1.82) is 0 Å². The van der Waals surface area contributed by atoms with Crippen molar-refractivity contribution in [3.05, 3.63) is 94.7 Å². The molecule has 382 valence electrons. The van der Waals surface area contributed by atoms with Gasteiger partial charge in [-0.2, -0.15) is 10.2 Å². The van der Waals surface area contributed by atoms with Crippen molar-refractivity contribution in [3.63, 3.8) is 0 Å². The van der Waals surface area contributed by atoms with Gasteiger partial charge in [0.25, 0.3) is 12.3 Å². The minimum absolute atomic E-state index is 0.0115. The molecule has 3 N–H and O–H groups in total. The van der Waals surface area contributed by atoms with Gasteiger partial charge in [-0.25, -0.2) is 13.8 Å². The average Bonchev–Trinajstić information content (AvgIpc) is 4.12. The number of anilines is 2. The number of alkyl halides is 2. The molecule has 0 unspecified atom stereocenters. The van der Waals surface area contributed by atoms with E-state index >= 15 is 8.78 Å². The summed E-state index contributed by atoms with van der Waals surface area (Å²) in [5.41, 5.74) is 5.55. The van der Waals surface area contributed by atoms with Gasteiger partial charge in [0.15, 0.2) is 5.82 Å². The molecule has 19 nitrogen and oxygen atoms in total. The van der Waals surface area contributed by atoms with Crippen LogP contribution in [0.3, 0.4) is 0 Å². The lowest BCUT2D eigenvalue weighted by molar-refractivity contribution is -0.142. The average molecular weight is 1000 g/mol. The molecule has 4 aromatic heterocycles. The lowest BCUT2D eigenvalue weighted by Crippen LogP contribution is -2.57. The van der Waals surface area contributed by atoms with Gasteiger partial charge in [-0.15, -0.1) is 10.2 Å². The van der Waals surface area contributed by atoms with Crippen LogP contribution in [-0.2, 0) is 52.1 Å². The van der Waals surface area contributed by atoms with E-state index in [1.54, 1.807) is 61.7 Å². The molecule has 73 heavy (non-hydrogen) atoms. The fourth-order valence-corrected chi connectivity index (χ4v) is 10.5. The molecule has 0 saturated carbocycles. The number of aromatic nitrogens is 8. The molecule has 0 aliphatic carbocycles. The summed E-state index contributed by atoms with van der Waals surface area (Å²) in [5.74, 6) is -1.60. The summed E-state index contributed by atoms with van der Waals surface area (Å²) < 4.78 is 40.1. The Morgan fingerprint density at radius 2 is 1.70 bits per heavy atom. The number of ether oxygens (including phenoxy) is 1. The quantitative estimate of drug-likeness (QED) is 0.149. The molecule has 0 spiro atoms. The molecule has 3 atom stereocenters. The van der Waals surface area contributed by atoms with E-state index in [-0.39, 0.29) is 54.1 Å². The second-order valence-corrected chi connectivity index (χ2v) is 20.4. The summed E-state index contributed by atoms with van der Waals surface area (Å²) >= 11 is 0. The number of hydrogen-bond acceptors (Lipinski definition) is 13. The van der Waals surface area contributed by atoms with Gasteiger partial charge in [-0.05, 0) is 66.5 Å². The van der Waals surface area contributed by atoms with Gasteiger partial charge in [0, 0.05) is 94.8 Å². The van der Waals surface area contributed by atoms with Crippen LogP contribution in [0.15, 0.2) is 60.8 Å². The van der Waals surface area contributed by atoms with E-state index in [1.807, 2.05) is 42.3 Å². The van der Waals surface area contributed by atoms with Gasteiger partial charge in [0.2, 0.25) is 23.5 Å². The number of nitrogens with zero attached hydrogens (tertiary/aromatic N) is 11. The maximum absolute atomic E-state index is 15.3. The van der Waals surface area contributed by atoms with Crippen LogP contribution in [0.5, 0.6) is 0 Å². The monoisotopic (exact) mass is 999 g/mol. The summed E-state index contributed by atoms with van der Waals surface area (Å²) in [6.07, 6.45) is 1.30. The van der Waals surface area contributed by atoms with Crippen molar-refractivity contribution in [2.75, 3.05) is 37.7 Å². The number of pyridine rings is 1. The van der Waals surface area contributed by atoms with Crippen LogP contribution < -0.4 is 15.5 Å². The molecule has 2 aromatic carbocycles. The van der Waals surface area contributed by atoms with Gasteiger partial charge in [0.1, 0.15) is 17.6 Å². The molecule has 8 heterocycles. The maximum atomic E-state index is 15.3. The van der Waals surface area contributed by atoms with Crippen LogP contribution in [0.25, 0.3) is 33.5 Å². The zero-order valence-electron chi connectivity index (χ0n) is 41.5. The first-order valence-electron chi connectivity index (χ1n) is 24.8. The second-order valence-electron chi connectivity index (χ2n) is 20.4. The van der Waals surface area contributed by atoms with Crippen LogP contribution >= 0.6 is 0 Å². The SMILES string of the molecule is CC(=O)N1CCc2c(c(N3CCCc4nc(-c5ccc6nnc(C(=O)N[C@H](C(=O)N7C[C@H](O)C[C@H]7C(=O)NCc7ccc(-c8ccnn8C)cc7)C(C)(C)C)nc6c5)c(C(F)F)cc43)nn2C2CCOCC2)C1. The molecule has 2 fully saturated rings. The smallest absolute Gasteiger partial charge is 0.291 e. The van der Waals surface area contributed by atoms with Gasteiger partial charge >= 0.3 is 0 Å². The molecule has 6 aromatic rings. The lowest BCUT2D eigenvalue weighted by Gasteiger charge is -2.35. The van der Waals surface area contributed by atoms with E-state index in [1.165, 1.54) is 11.0 Å². The van der Waals surface area contributed by atoms with Crippen molar-refractivity contribution in [2.24, 2.45) is 12.5 Å². The second kappa shape index (κ2) is 20.0. The Balaban J connectivity index is 0.884. The number of aryl methyl sites for hydroxylation is 2. The number of fused-ring (bicyclic) bond motifs is 3.